The van der Waals surface area contributed by atoms with Crippen LogP contribution in [0.25, 0.3) is 21.3 Å². The van der Waals surface area contributed by atoms with Gasteiger partial charge in [-0.25, -0.2) is 4.98 Å². The predicted molar refractivity (Wildman–Crippen MR) is 102 cm³/mol. The number of benzene rings is 1. The number of carbonyl (C=O) groups excluding carboxylic acids is 1. The van der Waals surface area contributed by atoms with Gasteiger partial charge in [-0.3, -0.25) is 14.2 Å². The molecule has 1 aliphatic rings. The van der Waals surface area contributed by atoms with Crippen molar-refractivity contribution < 1.29 is 9.90 Å². The van der Waals surface area contributed by atoms with Crippen LogP contribution in [0.15, 0.2) is 40.8 Å². The third-order valence-corrected chi connectivity index (χ3v) is 5.78. The van der Waals surface area contributed by atoms with Crippen LogP contribution in [0.2, 0.25) is 5.02 Å². The molecule has 1 N–H and O–H groups in total. The zero-order valence-corrected chi connectivity index (χ0v) is 15.3. The van der Waals surface area contributed by atoms with Gasteiger partial charge in [0.2, 0.25) is 5.91 Å². The van der Waals surface area contributed by atoms with Crippen LogP contribution in [0.1, 0.15) is 6.42 Å². The molecule has 4 rings (SSSR count). The maximum atomic E-state index is 12.9. The minimum atomic E-state index is -0.482. The Balaban J connectivity index is 1.70. The van der Waals surface area contributed by atoms with E-state index >= 15 is 0 Å². The number of β-amino-alcohol motifs (C(OH)–C–C–N with tert-alkyl or cyclic N) is 1. The Morgan fingerprint density at radius 3 is 2.81 bits per heavy atom. The minimum absolute atomic E-state index is 0.0790. The van der Waals surface area contributed by atoms with E-state index in [1.54, 1.807) is 17.0 Å². The van der Waals surface area contributed by atoms with Crippen molar-refractivity contribution in [1.29, 1.82) is 0 Å². The summed E-state index contributed by atoms with van der Waals surface area (Å²) in [5.74, 6) is -0.187. The lowest BCUT2D eigenvalue weighted by molar-refractivity contribution is -0.131. The fourth-order valence-corrected chi connectivity index (χ4v) is 4.23. The molecule has 1 saturated heterocycles. The molecule has 0 spiro atoms. The third-order valence-electron chi connectivity index (χ3n) is 4.51. The zero-order valence-electron chi connectivity index (χ0n) is 13.8. The first-order valence-electron chi connectivity index (χ1n) is 8.21. The first-order chi connectivity index (χ1) is 12.5. The number of amides is 1. The summed E-state index contributed by atoms with van der Waals surface area (Å²) < 4.78 is 1.33. The molecule has 1 atom stereocenters. The van der Waals surface area contributed by atoms with E-state index in [2.05, 4.69) is 4.98 Å². The summed E-state index contributed by atoms with van der Waals surface area (Å²) >= 11 is 7.38. The Bertz CT molecular complexity index is 1030. The zero-order chi connectivity index (χ0) is 18.3. The summed E-state index contributed by atoms with van der Waals surface area (Å²) in [7, 11) is 0. The second kappa shape index (κ2) is 6.83. The molecule has 1 aliphatic heterocycles. The van der Waals surface area contributed by atoms with Crippen LogP contribution in [-0.2, 0) is 11.3 Å². The molecule has 1 fully saturated rings. The second-order valence-electron chi connectivity index (χ2n) is 6.29. The van der Waals surface area contributed by atoms with E-state index in [1.807, 2.05) is 17.5 Å². The largest absolute Gasteiger partial charge is 0.391 e. The highest BCUT2D eigenvalue weighted by molar-refractivity contribution is 7.15. The molecule has 2 aromatic heterocycles. The van der Waals surface area contributed by atoms with Gasteiger partial charge in [-0.2, -0.15) is 0 Å². The highest BCUT2D eigenvalue weighted by Gasteiger charge is 2.25. The van der Waals surface area contributed by atoms with Crippen molar-refractivity contribution in [1.82, 2.24) is 14.5 Å². The van der Waals surface area contributed by atoms with E-state index in [0.717, 1.165) is 10.4 Å². The molecule has 1 aromatic carbocycles. The van der Waals surface area contributed by atoms with Crippen LogP contribution in [0.5, 0.6) is 0 Å². The Morgan fingerprint density at radius 2 is 2.12 bits per heavy atom. The van der Waals surface area contributed by atoms with Gasteiger partial charge in [0.1, 0.15) is 6.54 Å². The van der Waals surface area contributed by atoms with Gasteiger partial charge in [-0.05, 0) is 24.1 Å². The molecule has 3 heterocycles. The summed E-state index contributed by atoms with van der Waals surface area (Å²) in [5, 5.41) is 12.6. The van der Waals surface area contributed by atoms with Gasteiger partial charge in [-0.1, -0.05) is 23.7 Å². The van der Waals surface area contributed by atoms with E-state index < -0.39 is 6.10 Å². The molecular formula is C18H16ClN3O3S. The SMILES string of the molecule is O=C(Cn1cnc2csc(-c3ccc(Cl)cc3)c2c1=O)N1CCC(O)C1. The molecule has 0 radical (unpaired) electrons. The van der Waals surface area contributed by atoms with E-state index in [1.165, 1.54) is 22.2 Å². The molecule has 1 amide bonds. The van der Waals surface area contributed by atoms with Crippen LogP contribution in [-0.4, -0.2) is 44.7 Å². The number of nitrogens with zero attached hydrogens (tertiary/aromatic N) is 3. The lowest BCUT2D eigenvalue weighted by Crippen LogP contribution is -2.35. The second-order valence-corrected chi connectivity index (χ2v) is 7.61. The predicted octanol–water partition coefficient (Wildman–Crippen LogP) is 2.37. The molecular weight excluding hydrogens is 374 g/mol. The lowest BCUT2D eigenvalue weighted by atomic mass is 10.1. The molecule has 8 heteroatoms. The number of aliphatic hydroxyl groups excluding tert-OH is 1. The number of hydrogen-bond acceptors (Lipinski definition) is 5. The molecule has 1 unspecified atom stereocenters. The normalized spacial score (nSPS) is 17.2. The smallest absolute Gasteiger partial charge is 0.263 e. The van der Waals surface area contributed by atoms with Crippen LogP contribution < -0.4 is 5.56 Å². The molecule has 0 aliphatic carbocycles. The fourth-order valence-electron chi connectivity index (χ4n) is 3.12. The monoisotopic (exact) mass is 389 g/mol. The Morgan fingerprint density at radius 1 is 1.35 bits per heavy atom. The van der Waals surface area contributed by atoms with Gasteiger partial charge in [-0.15, -0.1) is 11.3 Å². The number of aromatic nitrogens is 2. The molecule has 134 valence electrons. The average Bonchev–Trinajstić information content (AvgIpc) is 3.25. The molecule has 3 aromatic rings. The molecule has 6 nitrogen and oxygen atoms in total. The maximum Gasteiger partial charge on any atom is 0.263 e. The van der Waals surface area contributed by atoms with Crippen LogP contribution in [0.4, 0.5) is 0 Å². The van der Waals surface area contributed by atoms with Gasteiger partial charge in [0.15, 0.2) is 0 Å². The van der Waals surface area contributed by atoms with Gasteiger partial charge >= 0.3 is 0 Å². The number of carbonyl (C=O) groups is 1. The van der Waals surface area contributed by atoms with E-state index in [0.29, 0.717) is 35.4 Å². The van der Waals surface area contributed by atoms with E-state index in [4.69, 9.17) is 11.6 Å². The number of aliphatic hydroxyl groups is 1. The Labute approximate surface area is 158 Å². The lowest BCUT2D eigenvalue weighted by Gasteiger charge is -2.16. The van der Waals surface area contributed by atoms with Gasteiger partial charge in [0.25, 0.3) is 5.56 Å². The minimum Gasteiger partial charge on any atom is -0.391 e. The van der Waals surface area contributed by atoms with Crippen LogP contribution in [0, 0.1) is 0 Å². The van der Waals surface area contributed by atoms with Crippen molar-refractivity contribution in [2.75, 3.05) is 13.1 Å². The quantitative estimate of drug-likeness (QED) is 0.746. The van der Waals surface area contributed by atoms with E-state index in [9.17, 15) is 14.7 Å². The molecule has 26 heavy (non-hydrogen) atoms. The number of fused-ring (bicyclic) bond motifs is 1. The standard InChI is InChI=1S/C18H16ClN3O3S/c19-12-3-1-11(2-4-12)17-16-14(9-26-17)20-10-22(18(16)25)8-15(24)21-6-5-13(23)7-21/h1-4,9-10,13,23H,5-8H2. The number of rotatable bonds is 3. The van der Waals surface area contributed by atoms with Crippen molar-refractivity contribution in [3.05, 3.63) is 51.3 Å². The van der Waals surface area contributed by atoms with Gasteiger partial charge < -0.3 is 10.0 Å². The van der Waals surface area contributed by atoms with Crippen molar-refractivity contribution in [2.45, 2.75) is 19.1 Å². The summed E-state index contributed by atoms with van der Waals surface area (Å²) in [6.07, 6.45) is 1.50. The Hall–Kier alpha value is -2.22. The fraction of sp³-hybridized carbons (Fsp3) is 0.278. The topological polar surface area (TPSA) is 75.4 Å². The van der Waals surface area contributed by atoms with Crippen molar-refractivity contribution in [3.8, 4) is 10.4 Å². The molecule has 0 bridgehead atoms. The number of hydrogen-bond donors (Lipinski definition) is 1. The number of halogens is 1. The first kappa shape index (κ1) is 17.2. The van der Waals surface area contributed by atoms with Gasteiger partial charge in [0.05, 0.1) is 23.3 Å². The van der Waals surface area contributed by atoms with Crippen molar-refractivity contribution in [3.63, 3.8) is 0 Å². The summed E-state index contributed by atoms with van der Waals surface area (Å²) in [6, 6.07) is 7.28. The summed E-state index contributed by atoms with van der Waals surface area (Å²) in [5.41, 5.74) is 1.26. The third kappa shape index (κ3) is 3.13. The first-order valence-corrected chi connectivity index (χ1v) is 9.47. The highest BCUT2D eigenvalue weighted by atomic mass is 35.5. The molecule has 0 saturated carbocycles. The van der Waals surface area contributed by atoms with Crippen molar-refractivity contribution >= 4 is 39.7 Å². The maximum absolute atomic E-state index is 12.9. The van der Waals surface area contributed by atoms with E-state index in [-0.39, 0.29) is 18.0 Å². The van der Waals surface area contributed by atoms with Gasteiger partial charge in [0, 0.05) is 28.4 Å². The highest BCUT2D eigenvalue weighted by Crippen LogP contribution is 2.32. The average molecular weight is 390 g/mol. The van der Waals surface area contributed by atoms with Crippen LogP contribution >= 0.6 is 22.9 Å². The summed E-state index contributed by atoms with van der Waals surface area (Å²) in [4.78, 5) is 32.1. The number of thiophene rings is 1. The van der Waals surface area contributed by atoms with Crippen molar-refractivity contribution in [2.24, 2.45) is 0 Å². The summed E-state index contributed by atoms with van der Waals surface area (Å²) in [6.45, 7) is 0.751. The van der Waals surface area contributed by atoms with Crippen LogP contribution in [0.3, 0.4) is 0 Å². The number of likely N-dealkylation sites (tertiary alicyclic amines) is 1. The Kier molecular flexibility index (Phi) is 4.52.